The van der Waals surface area contributed by atoms with Gasteiger partial charge in [-0.05, 0) is 41.7 Å². The summed E-state index contributed by atoms with van der Waals surface area (Å²) in [6.07, 6.45) is 3.39. The average molecular weight is 764 g/mol. The molecular formula is C36H45BrF2N4O5S. The van der Waals surface area contributed by atoms with Crippen LogP contribution in [0.4, 0.5) is 8.78 Å². The minimum absolute atomic E-state index is 0.00881. The Bertz CT molecular complexity index is 1580. The zero-order valence-corrected chi connectivity index (χ0v) is 30.7. The maximum atomic E-state index is 15.0. The number of carbonyl (C=O) groups is 4. The predicted molar refractivity (Wildman–Crippen MR) is 192 cm³/mol. The first-order valence-corrected chi connectivity index (χ1v) is 18.4. The van der Waals surface area contributed by atoms with Gasteiger partial charge in [-0.2, -0.15) is 11.8 Å². The number of alkyl halides is 1. The number of hydrogen-bond donors (Lipinski definition) is 3. The van der Waals surface area contributed by atoms with Crippen LogP contribution in [0.5, 0.6) is 0 Å². The molecule has 0 saturated carbocycles. The van der Waals surface area contributed by atoms with Crippen molar-refractivity contribution >= 4 is 51.4 Å². The van der Waals surface area contributed by atoms with Crippen LogP contribution in [0.2, 0.25) is 0 Å². The highest BCUT2D eigenvalue weighted by molar-refractivity contribution is 9.09. The number of thioether (sulfide) groups is 1. The summed E-state index contributed by atoms with van der Waals surface area (Å²) in [5.41, 5.74) is 1.97. The lowest BCUT2D eigenvalue weighted by Gasteiger charge is -2.41. The van der Waals surface area contributed by atoms with E-state index in [0.717, 1.165) is 36.2 Å². The number of aromatic nitrogens is 1. The number of carboxylic acid groups (broad SMARTS) is 1. The standard InChI is InChI=1S/C36H45BrF2N4O5S/c1-5-6-15-43(33(46)23-49-16-14-31(44)41-29(35(47)48)20-40-32(45)19-37)34(36(2,3)4)30-17-25(27-18-26(38)12-13-28(27)39)22-42(30)21-24-10-8-7-9-11-24/h7-13,17-18,22,29,34H,5-6,14-16,19-21,23H2,1-4H3,(H,40,45)(H,41,44)(H,47,48)/t29?,34-/m0/s1. The predicted octanol–water partition coefficient (Wildman–Crippen LogP) is 6.40. The molecular weight excluding hydrogens is 718 g/mol. The van der Waals surface area contributed by atoms with E-state index in [2.05, 4.69) is 26.6 Å². The SMILES string of the molecule is CCCCN(C(=O)CSCCC(=O)NC(CNC(=O)CBr)C(=O)O)[C@@H](c1cc(-c2cc(F)ccc2F)cn1Cc1ccccc1)C(C)(C)C. The number of halogens is 3. The van der Waals surface area contributed by atoms with Crippen LogP contribution in [0.15, 0.2) is 60.8 Å². The fourth-order valence-electron chi connectivity index (χ4n) is 5.48. The van der Waals surface area contributed by atoms with E-state index in [4.69, 9.17) is 0 Å². The molecule has 3 rings (SSSR count). The van der Waals surface area contributed by atoms with E-state index < -0.39 is 46.9 Å². The number of unbranched alkanes of at least 4 members (excludes halogenated alkanes) is 1. The molecule has 9 nitrogen and oxygen atoms in total. The molecule has 0 spiro atoms. The third-order valence-corrected chi connectivity index (χ3v) is 9.26. The second-order valence-corrected chi connectivity index (χ2v) is 14.5. The molecule has 0 aliphatic rings. The van der Waals surface area contributed by atoms with Crippen LogP contribution in [-0.2, 0) is 25.7 Å². The van der Waals surface area contributed by atoms with Crippen LogP contribution in [0.3, 0.4) is 0 Å². The Balaban J connectivity index is 1.86. The first kappa shape index (κ1) is 39.7. The number of carbonyl (C=O) groups excluding carboxylic acids is 3. The number of rotatable bonds is 18. The normalized spacial score (nSPS) is 12.6. The lowest BCUT2D eigenvalue weighted by molar-refractivity contribution is -0.141. The molecule has 13 heteroatoms. The van der Waals surface area contributed by atoms with Crippen molar-refractivity contribution in [3.8, 4) is 11.1 Å². The summed E-state index contributed by atoms with van der Waals surface area (Å²) >= 11 is 4.26. The molecule has 0 bridgehead atoms. The number of nitrogens with zero attached hydrogens (tertiary/aromatic N) is 2. The molecule has 0 aliphatic heterocycles. The molecule has 0 saturated heterocycles. The minimum Gasteiger partial charge on any atom is -0.480 e. The van der Waals surface area contributed by atoms with Gasteiger partial charge in [-0.3, -0.25) is 14.4 Å². The van der Waals surface area contributed by atoms with Crippen LogP contribution in [0.25, 0.3) is 11.1 Å². The molecule has 2 atom stereocenters. The monoisotopic (exact) mass is 762 g/mol. The van der Waals surface area contributed by atoms with Crippen LogP contribution >= 0.6 is 27.7 Å². The van der Waals surface area contributed by atoms with Gasteiger partial charge in [0.25, 0.3) is 0 Å². The maximum Gasteiger partial charge on any atom is 0.328 e. The van der Waals surface area contributed by atoms with E-state index in [0.29, 0.717) is 18.7 Å². The zero-order chi connectivity index (χ0) is 36.1. The molecule has 0 aliphatic carbocycles. The summed E-state index contributed by atoms with van der Waals surface area (Å²) in [6, 6.07) is 13.3. The van der Waals surface area contributed by atoms with E-state index in [9.17, 15) is 28.7 Å². The van der Waals surface area contributed by atoms with E-state index in [1.807, 2.05) is 79.8 Å². The highest BCUT2D eigenvalue weighted by Gasteiger charge is 2.37. The molecule has 1 aromatic heterocycles. The summed E-state index contributed by atoms with van der Waals surface area (Å²) in [7, 11) is 0. The minimum atomic E-state index is -1.28. The molecule has 49 heavy (non-hydrogen) atoms. The van der Waals surface area contributed by atoms with Crippen molar-refractivity contribution in [2.75, 3.05) is 29.9 Å². The Morgan fingerprint density at radius 1 is 1.04 bits per heavy atom. The molecule has 0 fully saturated rings. The fourth-order valence-corrected chi connectivity index (χ4v) is 6.49. The maximum absolute atomic E-state index is 15.0. The van der Waals surface area contributed by atoms with Crippen molar-refractivity contribution in [2.24, 2.45) is 5.41 Å². The first-order valence-electron chi connectivity index (χ1n) is 16.2. The number of nitrogens with one attached hydrogen (secondary N) is 2. The van der Waals surface area contributed by atoms with Crippen molar-refractivity contribution in [1.29, 1.82) is 0 Å². The molecule has 3 amide bonds. The van der Waals surface area contributed by atoms with Gasteiger partial charge in [-0.25, -0.2) is 13.6 Å². The number of carboxylic acids is 1. The second kappa shape index (κ2) is 18.9. The van der Waals surface area contributed by atoms with Gasteiger partial charge in [0.05, 0.1) is 17.1 Å². The molecule has 1 heterocycles. The summed E-state index contributed by atoms with van der Waals surface area (Å²) in [4.78, 5) is 51.4. The molecule has 0 radical (unpaired) electrons. The highest BCUT2D eigenvalue weighted by Crippen LogP contribution is 2.41. The highest BCUT2D eigenvalue weighted by atomic mass is 79.9. The lowest BCUT2D eigenvalue weighted by Crippen LogP contribution is -2.48. The Hall–Kier alpha value is -3.71. The van der Waals surface area contributed by atoms with Gasteiger partial charge in [-0.15, -0.1) is 0 Å². The Morgan fingerprint density at radius 2 is 1.76 bits per heavy atom. The van der Waals surface area contributed by atoms with E-state index in [1.54, 1.807) is 0 Å². The number of amides is 3. The van der Waals surface area contributed by atoms with E-state index >= 15 is 4.39 Å². The number of hydrogen-bond acceptors (Lipinski definition) is 5. The van der Waals surface area contributed by atoms with Gasteiger partial charge >= 0.3 is 5.97 Å². The van der Waals surface area contributed by atoms with Crippen LogP contribution in [-0.4, -0.2) is 74.2 Å². The van der Waals surface area contributed by atoms with E-state index in [1.165, 1.54) is 17.8 Å². The molecule has 3 N–H and O–H groups in total. The molecule has 1 unspecified atom stereocenters. The largest absolute Gasteiger partial charge is 0.480 e. The van der Waals surface area contributed by atoms with Crippen molar-refractivity contribution in [3.05, 3.63) is 83.7 Å². The third-order valence-electron chi connectivity index (χ3n) is 7.81. The number of aliphatic carboxylic acids is 1. The van der Waals surface area contributed by atoms with Gasteiger partial charge in [0.15, 0.2) is 0 Å². The van der Waals surface area contributed by atoms with Gasteiger partial charge in [0.2, 0.25) is 17.7 Å². The Morgan fingerprint density at radius 3 is 2.39 bits per heavy atom. The van der Waals surface area contributed by atoms with Crippen molar-refractivity contribution < 1.29 is 33.1 Å². The first-order chi connectivity index (χ1) is 23.2. The van der Waals surface area contributed by atoms with Gasteiger partial charge < -0.3 is 25.2 Å². The summed E-state index contributed by atoms with van der Waals surface area (Å²) < 4.78 is 31.3. The van der Waals surface area contributed by atoms with Crippen LogP contribution in [0, 0.1) is 17.0 Å². The molecule has 266 valence electrons. The van der Waals surface area contributed by atoms with E-state index in [-0.39, 0.29) is 41.3 Å². The van der Waals surface area contributed by atoms with Crippen molar-refractivity contribution in [3.63, 3.8) is 0 Å². The molecule has 2 aromatic carbocycles. The van der Waals surface area contributed by atoms with Crippen LogP contribution in [0.1, 0.15) is 64.3 Å². The zero-order valence-electron chi connectivity index (χ0n) is 28.3. The summed E-state index contributed by atoms with van der Waals surface area (Å²) in [6.45, 7) is 8.85. The summed E-state index contributed by atoms with van der Waals surface area (Å²) in [5, 5.41) is 14.3. The second-order valence-electron chi connectivity index (χ2n) is 12.8. The third kappa shape index (κ3) is 12.0. The van der Waals surface area contributed by atoms with Crippen molar-refractivity contribution in [2.45, 2.75) is 65.6 Å². The average Bonchev–Trinajstić information content (AvgIpc) is 3.45. The van der Waals surface area contributed by atoms with Crippen molar-refractivity contribution in [1.82, 2.24) is 20.1 Å². The molecule has 3 aromatic rings. The van der Waals surface area contributed by atoms with Crippen LogP contribution < -0.4 is 10.6 Å². The lowest BCUT2D eigenvalue weighted by atomic mass is 9.83. The smallest absolute Gasteiger partial charge is 0.328 e. The van der Waals surface area contributed by atoms with Gasteiger partial charge in [0.1, 0.15) is 17.7 Å². The fraction of sp³-hybridized carbons (Fsp3) is 0.444. The quantitative estimate of drug-likeness (QED) is 0.102. The summed E-state index contributed by atoms with van der Waals surface area (Å²) in [5.74, 6) is -3.06. The Kier molecular flexibility index (Phi) is 15.3. The Labute approximate surface area is 299 Å². The van der Waals surface area contributed by atoms with Gasteiger partial charge in [-0.1, -0.05) is 80.4 Å². The number of benzene rings is 2. The van der Waals surface area contributed by atoms with Gasteiger partial charge in [0, 0.05) is 54.8 Å². The topological polar surface area (TPSA) is 121 Å².